The second kappa shape index (κ2) is 7.33. The highest BCUT2D eigenvalue weighted by Crippen LogP contribution is 2.24. The molecule has 1 fully saturated rings. The first-order valence-corrected chi connectivity index (χ1v) is 9.16. The van der Waals surface area contributed by atoms with Gasteiger partial charge >= 0.3 is 0 Å². The molecule has 0 spiro atoms. The summed E-state index contributed by atoms with van der Waals surface area (Å²) in [6.45, 7) is 4.81. The molecular weight excluding hydrogens is 324 g/mol. The minimum atomic E-state index is 0.457. The Kier molecular flexibility index (Phi) is 4.75. The molecule has 0 saturated carbocycles. The second-order valence-electron chi connectivity index (χ2n) is 7.01. The summed E-state index contributed by atoms with van der Waals surface area (Å²) in [7, 11) is 2.14. The van der Waals surface area contributed by atoms with E-state index < -0.39 is 0 Å². The number of aryl methyl sites for hydroxylation is 1. The highest BCUT2D eigenvalue weighted by Gasteiger charge is 2.27. The predicted molar refractivity (Wildman–Crippen MR) is 103 cm³/mol. The third-order valence-corrected chi connectivity index (χ3v) is 5.00. The summed E-state index contributed by atoms with van der Waals surface area (Å²) in [6, 6.07) is 12.6. The fraction of sp³-hybridized carbons (Fsp3) is 0.400. The fourth-order valence-electron chi connectivity index (χ4n) is 3.81. The average Bonchev–Trinajstić information content (AvgIpc) is 3.10. The van der Waals surface area contributed by atoms with E-state index in [1.807, 2.05) is 24.3 Å². The summed E-state index contributed by atoms with van der Waals surface area (Å²) >= 11 is 0. The van der Waals surface area contributed by atoms with Crippen molar-refractivity contribution in [3.05, 3.63) is 54.1 Å². The van der Waals surface area contributed by atoms with Crippen molar-refractivity contribution in [2.45, 2.75) is 32.4 Å². The van der Waals surface area contributed by atoms with Crippen LogP contribution in [0, 0.1) is 6.92 Å². The monoisotopic (exact) mass is 348 g/mol. The van der Waals surface area contributed by atoms with Crippen LogP contribution >= 0.6 is 0 Å². The van der Waals surface area contributed by atoms with Crippen molar-refractivity contribution in [1.82, 2.24) is 25.1 Å². The van der Waals surface area contributed by atoms with Crippen molar-refractivity contribution in [3.63, 3.8) is 0 Å². The molecule has 134 valence electrons. The van der Waals surface area contributed by atoms with Crippen molar-refractivity contribution in [2.75, 3.05) is 25.0 Å². The van der Waals surface area contributed by atoms with Crippen molar-refractivity contribution in [3.8, 4) is 0 Å². The van der Waals surface area contributed by atoms with Gasteiger partial charge in [0.1, 0.15) is 5.82 Å². The zero-order valence-electron chi connectivity index (χ0n) is 15.3. The minimum Gasteiger partial charge on any atom is -0.351 e. The number of nitrogens with zero attached hydrogens (tertiary/aromatic N) is 6. The molecule has 2 aromatic heterocycles. The van der Waals surface area contributed by atoms with Crippen molar-refractivity contribution >= 4 is 16.7 Å². The third-order valence-electron chi connectivity index (χ3n) is 5.00. The van der Waals surface area contributed by atoms with E-state index >= 15 is 0 Å². The molecule has 0 unspecified atom stereocenters. The molecule has 0 aliphatic carbocycles. The van der Waals surface area contributed by atoms with Gasteiger partial charge in [-0.3, -0.25) is 4.90 Å². The summed E-state index contributed by atoms with van der Waals surface area (Å²) < 4.78 is 0. The van der Waals surface area contributed by atoms with Gasteiger partial charge in [0.15, 0.2) is 5.82 Å². The van der Waals surface area contributed by atoms with Crippen LogP contribution in [-0.2, 0) is 6.54 Å². The van der Waals surface area contributed by atoms with Crippen LogP contribution in [0.4, 0.5) is 5.82 Å². The van der Waals surface area contributed by atoms with Crippen LogP contribution < -0.4 is 4.90 Å². The average molecular weight is 348 g/mol. The Labute approximate surface area is 153 Å². The lowest BCUT2D eigenvalue weighted by Crippen LogP contribution is -2.39. The van der Waals surface area contributed by atoms with Gasteiger partial charge in [0.2, 0.25) is 0 Å². The molecule has 0 N–H and O–H groups in total. The fourth-order valence-corrected chi connectivity index (χ4v) is 3.81. The number of anilines is 1. The molecule has 3 aromatic rings. The number of benzene rings is 1. The first kappa shape index (κ1) is 16.8. The zero-order valence-corrected chi connectivity index (χ0v) is 15.3. The van der Waals surface area contributed by atoms with E-state index in [0.717, 1.165) is 47.9 Å². The van der Waals surface area contributed by atoms with Gasteiger partial charge in [0.05, 0.1) is 12.1 Å². The molecule has 3 heterocycles. The zero-order chi connectivity index (χ0) is 17.9. The Morgan fingerprint density at radius 1 is 1.15 bits per heavy atom. The molecule has 6 nitrogen and oxygen atoms in total. The number of hydrogen-bond acceptors (Lipinski definition) is 6. The highest BCUT2D eigenvalue weighted by molar-refractivity contribution is 5.80. The van der Waals surface area contributed by atoms with E-state index in [2.05, 4.69) is 46.1 Å². The van der Waals surface area contributed by atoms with E-state index in [1.54, 1.807) is 6.20 Å². The van der Waals surface area contributed by atoms with Gasteiger partial charge in [-0.15, -0.1) is 5.10 Å². The number of rotatable bonds is 5. The summed E-state index contributed by atoms with van der Waals surface area (Å²) in [5.74, 6) is 1.86. The van der Waals surface area contributed by atoms with E-state index in [-0.39, 0.29) is 0 Å². The molecule has 0 bridgehead atoms. The van der Waals surface area contributed by atoms with Crippen LogP contribution in [0.3, 0.4) is 0 Å². The Hall–Kier alpha value is -2.60. The van der Waals surface area contributed by atoms with E-state index in [9.17, 15) is 0 Å². The van der Waals surface area contributed by atoms with Gasteiger partial charge in [-0.1, -0.05) is 18.2 Å². The molecule has 0 amide bonds. The van der Waals surface area contributed by atoms with Crippen LogP contribution in [0.5, 0.6) is 0 Å². The Morgan fingerprint density at radius 2 is 2.04 bits per heavy atom. The molecule has 0 radical (unpaired) electrons. The maximum absolute atomic E-state index is 4.74. The number of aromatic nitrogens is 4. The number of likely N-dealkylation sites (N-methyl/N-ethyl adjacent to an activating group) is 1. The molecule has 1 aliphatic heterocycles. The molecule has 4 rings (SSSR count). The quantitative estimate of drug-likeness (QED) is 0.707. The molecular formula is C20H24N6. The Balaban J connectivity index is 1.46. The largest absolute Gasteiger partial charge is 0.351 e. The normalized spacial score (nSPS) is 17.3. The number of para-hydroxylation sites is 1. The second-order valence-corrected chi connectivity index (χ2v) is 7.01. The van der Waals surface area contributed by atoms with Crippen LogP contribution in [-0.4, -0.2) is 51.2 Å². The van der Waals surface area contributed by atoms with Crippen LogP contribution in [0.25, 0.3) is 10.9 Å². The SMILES string of the molecule is Cc1nc(CN(C)C[C@H]2CCCN2c2cccnn2)nc2ccccc12. The van der Waals surface area contributed by atoms with E-state index in [0.29, 0.717) is 6.04 Å². The predicted octanol–water partition coefficient (Wildman–Crippen LogP) is 2.83. The van der Waals surface area contributed by atoms with Crippen LogP contribution in [0.15, 0.2) is 42.6 Å². The van der Waals surface area contributed by atoms with Crippen molar-refractivity contribution in [1.29, 1.82) is 0 Å². The van der Waals surface area contributed by atoms with Gasteiger partial charge < -0.3 is 4.90 Å². The molecule has 1 saturated heterocycles. The molecule has 26 heavy (non-hydrogen) atoms. The van der Waals surface area contributed by atoms with Gasteiger partial charge in [0.25, 0.3) is 0 Å². The van der Waals surface area contributed by atoms with E-state index in [4.69, 9.17) is 9.97 Å². The lowest BCUT2D eigenvalue weighted by molar-refractivity contribution is 0.296. The number of fused-ring (bicyclic) bond motifs is 1. The van der Waals surface area contributed by atoms with Crippen molar-refractivity contribution < 1.29 is 0 Å². The maximum Gasteiger partial charge on any atom is 0.151 e. The topological polar surface area (TPSA) is 58.0 Å². The standard InChI is InChI=1S/C20H24N6/c1-15-17-8-3-4-9-18(17)23-19(22-15)14-25(2)13-16-7-6-12-26(16)20-10-5-11-21-24-20/h3-5,8-11,16H,6-7,12-14H2,1-2H3/t16-/m1/s1. The van der Waals surface area contributed by atoms with Gasteiger partial charge in [-0.25, -0.2) is 9.97 Å². The number of hydrogen-bond donors (Lipinski definition) is 0. The summed E-state index contributed by atoms with van der Waals surface area (Å²) in [5, 5.41) is 9.43. The van der Waals surface area contributed by atoms with Gasteiger partial charge in [-0.05, 0) is 45.0 Å². The summed E-state index contributed by atoms with van der Waals surface area (Å²) in [4.78, 5) is 14.1. The van der Waals surface area contributed by atoms with E-state index in [1.165, 1.54) is 12.8 Å². The molecule has 6 heteroatoms. The maximum atomic E-state index is 4.74. The van der Waals surface area contributed by atoms with Crippen LogP contribution in [0.1, 0.15) is 24.4 Å². The molecule has 1 atom stereocenters. The molecule has 1 aromatic carbocycles. The van der Waals surface area contributed by atoms with Crippen LogP contribution in [0.2, 0.25) is 0 Å². The lowest BCUT2D eigenvalue weighted by Gasteiger charge is -2.29. The summed E-state index contributed by atoms with van der Waals surface area (Å²) in [6.07, 6.45) is 4.10. The van der Waals surface area contributed by atoms with Gasteiger partial charge in [0, 0.05) is 36.4 Å². The third kappa shape index (κ3) is 3.51. The first-order chi connectivity index (χ1) is 12.7. The molecule has 1 aliphatic rings. The Bertz CT molecular complexity index is 882. The van der Waals surface area contributed by atoms with Gasteiger partial charge in [-0.2, -0.15) is 5.10 Å². The Morgan fingerprint density at radius 3 is 2.88 bits per heavy atom. The summed E-state index contributed by atoms with van der Waals surface area (Å²) in [5.41, 5.74) is 2.06. The smallest absolute Gasteiger partial charge is 0.151 e. The van der Waals surface area contributed by atoms with Crippen molar-refractivity contribution in [2.24, 2.45) is 0 Å². The highest BCUT2D eigenvalue weighted by atomic mass is 15.3. The first-order valence-electron chi connectivity index (χ1n) is 9.16. The lowest BCUT2D eigenvalue weighted by atomic mass is 10.2. The minimum absolute atomic E-state index is 0.457.